The molecule has 5 heteroatoms. The van der Waals surface area contributed by atoms with Crippen molar-refractivity contribution in [3.05, 3.63) is 0 Å². The number of carbonyl (C=O) groups is 2. The molecule has 0 rings (SSSR count). The number of amides is 1. The number of aliphatic hydroxyl groups is 1. The normalized spacial score (nSPS) is 14.2. The van der Waals surface area contributed by atoms with E-state index < -0.39 is 18.1 Å². The second-order valence-electron chi connectivity index (χ2n) is 3.93. The maximum atomic E-state index is 11.3. The fraction of sp³-hybridized carbons (Fsp3) is 0.818. The van der Waals surface area contributed by atoms with Gasteiger partial charge >= 0.3 is 5.97 Å². The van der Waals surface area contributed by atoms with Gasteiger partial charge in [-0.1, -0.05) is 26.2 Å². The Morgan fingerprint density at radius 2 is 1.88 bits per heavy atom. The Balaban J connectivity index is 3.87. The minimum atomic E-state index is -1.21. The summed E-state index contributed by atoms with van der Waals surface area (Å²) < 4.78 is 0. The lowest BCUT2D eigenvalue weighted by atomic mass is 10.1. The molecule has 0 heterocycles. The van der Waals surface area contributed by atoms with Crippen LogP contribution in [0.5, 0.6) is 0 Å². The summed E-state index contributed by atoms with van der Waals surface area (Å²) in [7, 11) is 0. The molecule has 0 aliphatic heterocycles. The summed E-state index contributed by atoms with van der Waals surface area (Å²) in [6.07, 6.45) is 3.12. The molecule has 2 atom stereocenters. The van der Waals surface area contributed by atoms with Crippen LogP contribution in [0.2, 0.25) is 0 Å². The minimum absolute atomic E-state index is 0.315. The van der Waals surface area contributed by atoms with Crippen LogP contribution < -0.4 is 5.32 Å². The van der Waals surface area contributed by atoms with E-state index in [1.807, 2.05) is 0 Å². The molecule has 0 saturated heterocycles. The minimum Gasteiger partial charge on any atom is -0.480 e. The Kier molecular flexibility index (Phi) is 7.54. The lowest BCUT2D eigenvalue weighted by molar-refractivity contribution is -0.144. The fourth-order valence-electron chi connectivity index (χ4n) is 1.35. The summed E-state index contributed by atoms with van der Waals surface area (Å²) in [6, 6.07) is -1.21. The zero-order valence-electron chi connectivity index (χ0n) is 9.90. The molecule has 0 aliphatic carbocycles. The molecule has 16 heavy (non-hydrogen) atoms. The Hall–Kier alpha value is -1.10. The van der Waals surface area contributed by atoms with E-state index in [0.717, 1.165) is 25.7 Å². The molecule has 0 aromatic rings. The van der Waals surface area contributed by atoms with Crippen molar-refractivity contribution < 1.29 is 19.8 Å². The second-order valence-corrected chi connectivity index (χ2v) is 3.93. The number of aliphatic hydroxyl groups excluding tert-OH is 1. The quantitative estimate of drug-likeness (QED) is 0.542. The molecule has 0 aromatic carbocycles. The summed E-state index contributed by atoms with van der Waals surface area (Å²) in [5.74, 6) is -1.53. The number of carboxylic acid groups (broad SMARTS) is 1. The number of aliphatic carboxylic acids is 1. The number of carbonyl (C=O) groups excluding carboxylic acids is 1. The Morgan fingerprint density at radius 3 is 2.31 bits per heavy atom. The Bertz CT molecular complexity index is 228. The van der Waals surface area contributed by atoms with Crippen molar-refractivity contribution in [2.45, 2.75) is 58.1 Å². The van der Waals surface area contributed by atoms with Crippen molar-refractivity contribution in [2.75, 3.05) is 0 Å². The SMILES string of the molecule is CCCCCCC(=O)N[C@H](C(=O)O)[C@@H](C)O. The molecule has 3 N–H and O–H groups in total. The fourth-order valence-corrected chi connectivity index (χ4v) is 1.35. The predicted molar refractivity (Wildman–Crippen MR) is 60.0 cm³/mol. The van der Waals surface area contributed by atoms with Crippen molar-refractivity contribution in [1.82, 2.24) is 5.32 Å². The molecule has 0 fully saturated rings. The Morgan fingerprint density at radius 1 is 1.25 bits per heavy atom. The highest BCUT2D eigenvalue weighted by Gasteiger charge is 2.24. The number of rotatable bonds is 8. The van der Waals surface area contributed by atoms with Crippen LogP contribution >= 0.6 is 0 Å². The molecular weight excluding hydrogens is 210 g/mol. The van der Waals surface area contributed by atoms with Crippen LogP contribution in [0, 0.1) is 0 Å². The van der Waals surface area contributed by atoms with Crippen LogP contribution in [0.1, 0.15) is 46.0 Å². The van der Waals surface area contributed by atoms with E-state index >= 15 is 0 Å². The zero-order chi connectivity index (χ0) is 12.6. The van der Waals surface area contributed by atoms with Crippen LogP contribution in [0.15, 0.2) is 0 Å². The van der Waals surface area contributed by atoms with Gasteiger partial charge in [0.2, 0.25) is 5.91 Å². The number of nitrogens with one attached hydrogen (secondary N) is 1. The molecule has 0 aliphatic rings. The van der Waals surface area contributed by atoms with Gasteiger partial charge in [-0.2, -0.15) is 0 Å². The van der Waals surface area contributed by atoms with Crippen LogP contribution in [0.25, 0.3) is 0 Å². The van der Waals surface area contributed by atoms with E-state index in [9.17, 15) is 9.59 Å². The predicted octanol–water partition coefficient (Wildman–Crippen LogP) is 0.907. The van der Waals surface area contributed by atoms with Gasteiger partial charge in [0, 0.05) is 6.42 Å². The third-order valence-electron chi connectivity index (χ3n) is 2.32. The highest BCUT2D eigenvalue weighted by atomic mass is 16.4. The van der Waals surface area contributed by atoms with Gasteiger partial charge in [-0.3, -0.25) is 4.79 Å². The lowest BCUT2D eigenvalue weighted by Crippen LogP contribution is -2.47. The van der Waals surface area contributed by atoms with E-state index in [2.05, 4.69) is 12.2 Å². The van der Waals surface area contributed by atoms with Crippen molar-refractivity contribution in [2.24, 2.45) is 0 Å². The van der Waals surface area contributed by atoms with Crippen molar-refractivity contribution in [1.29, 1.82) is 0 Å². The zero-order valence-corrected chi connectivity index (χ0v) is 9.90. The van der Waals surface area contributed by atoms with Gasteiger partial charge < -0.3 is 15.5 Å². The molecule has 0 spiro atoms. The summed E-state index contributed by atoms with van der Waals surface area (Å²) >= 11 is 0. The number of carboxylic acids is 1. The molecule has 5 nitrogen and oxygen atoms in total. The number of unbranched alkanes of at least 4 members (excludes halogenated alkanes) is 3. The lowest BCUT2D eigenvalue weighted by Gasteiger charge is -2.16. The molecule has 0 bridgehead atoms. The first-order valence-electron chi connectivity index (χ1n) is 5.69. The van der Waals surface area contributed by atoms with Gasteiger partial charge in [0.1, 0.15) is 0 Å². The Labute approximate surface area is 95.9 Å². The average Bonchev–Trinajstić information content (AvgIpc) is 2.20. The standard InChI is InChI=1S/C11H21NO4/c1-3-4-5-6-7-9(14)12-10(8(2)13)11(15)16/h8,10,13H,3-7H2,1-2H3,(H,12,14)(H,15,16)/t8-,10+/m1/s1. The van der Waals surface area contributed by atoms with E-state index in [-0.39, 0.29) is 5.91 Å². The molecule has 0 aromatic heterocycles. The van der Waals surface area contributed by atoms with E-state index in [1.54, 1.807) is 0 Å². The van der Waals surface area contributed by atoms with Crippen molar-refractivity contribution in [3.63, 3.8) is 0 Å². The monoisotopic (exact) mass is 231 g/mol. The topological polar surface area (TPSA) is 86.6 Å². The maximum Gasteiger partial charge on any atom is 0.328 e. The van der Waals surface area contributed by atoms with Crippen LogP contribution in [0.4, 0.5) is 0 Å². The first kappa shape index (κ1) is 14.9. The van der Waals surface area contributed by atoms with Gasteiger partial charge in [0.25, 0.3) is 0 Å². The van der Waals surface area contributed by atoms with E-state index in [1.165, 1.54) is 6.92 Å². The van der Waals surface area contributed by atoms with Gasteiger partial charge in [-0.25, -0.2) is 4.79 Å². The maximum absolute atomic E-state index is 11.3. The number of hydrogen-bond acceptors (Lipinski definition) is 3. The summed E-state index contributed by atoms with van der Waals surface area (Å²) in [5.41, 5.74) is 0. The molecule has 94 valence electrons. The first-order chi connectivity index (χ1) is 7.49. The third-order valence-corrected chi connectivity index (χ3v) is 2.32. The van der Waals surface area contributed by atoms with Gasteiger partial charge in [-0.05, 0) is 13.3 Å². The third kappa shape index (κ3) is 6.40. The molecular formula is C11H21NO4. The van der Waals surface area contributed by atoms with Crippen LogP contribution in [0.3, 0.4) is 0 Å². The van der Waals surface area contributed by atoms with E-state index in [0.29, 0.717) is 6.42 Å². The smallest absolute Gasteiger partial charge is 0.328 e. The summed E-state index contributed by atoms with van der Waals surface area (Å²) in [6.45, 7) is 3.42. The van der Waals surface area contributed by atoms with E-state index in [4.69, 9.17) is 10.2 Å². The van der Waals surface area contributed by atoms with Crippen LogP contribution in [-0.2, 0) is 9.59 Å². The summed E-state index contributed by atoms with van der Waals surface area (Å²) in [4.78, 5) is 22.0. The van der Waals surface area contributed by atoms with Gasteiger partial charge in [0.15, 0.2) is 6.04 Å². The summed E-state index contributed by atoms with van der Waals surface area (Å²) in [5, 5.41) is 20.2. The number of hydrogen-bond donors (Lipinski definition) is 3. The second kappa shape index (κ2) is 8.10. The van der Waals surface area contributed by atoms with Crippen LogP contribution in [-0.4, -0.2) is 34.2 Å². The van der Waals surface area contributed by atoms with Gasteiger partial charge in [-0.15, -0.1) is 0 Å². The highest BCUT2D eigenvalue weighted by Crippen LogP contribution is 2.03. The molecule has 0 saturated carbocycles. The van der Waals surface area contributed by atoms with Crippen molar-refractivity contribution >= 4 is 11.9 Å². The molecule has 0 radical (unpaired) electrons. The first-order valence-corrected chi connectivity index (χ1v) is 5.69. The molecule has 1 amide bonds. The average molecular weight is 231 g/mol. The molecule has 0 unspecified atom stereocenters. The highest BCUT2D eigenvalue weighted by molar-refractivity contribution is 5.83. The van der Waals surface area contributed by atoms with Gasteiger partial charge in [0.05, 0.1) is 6.10 Å². The van der Waals surface area contributed by atoms with Crippen molar-refractivity contribution in [3.8, 4) is 0 Å². The largest absolute Gasteiger partial charge is 0.480 e.